The molecule has 0 radical (unpaired) electrons. The molecule has 0 spiro atoms. The number of carbonyl (C=O) groups excluding carboxylic acids is 1. The van der Waals surface area contributed by atoms with Crippen LogP contribution in [-0.2, 0) is 9.53 Å². The van der Waals surface area contributed by atoms with Gasteiger partial charge in [-0.15, -0.1) is 11.8 Å². The molecule has 104 valence electrons. The molecule has 1 aliphatic rings. The fraction of sp³-hybridized carbons (Fsp3) is 0.562. The highest BCUT2D eigenvalue weighted by molar-refractivity contribution is 8.00. The van der Waals surface area contributed by atoms with Crippen LogP contribution < -0.4 is 0 Å². The fourth-order valence-corrected chi connectivity index (χ4v) is 3.82. The van der Waals surface area contributed by atoms with Gasteiger partial charge in [0.15, 0.2) is 0 Å². The molecule has 19 heavy (non-hydrogen) atoms. The van der Waals surface area contributed by atoms with Gasteiger partial charge in [0.25, 0.3) is 0 Å². The van der Waals surface area contributed by atoms with E-state index in [4.69, 9.17) is 4.74 Å². The highest BCUT2D eigenvalue weighted by atomic mass is 32.2. The monoisotopic (exact) mass is 278 g/mol. The van der Waals surface area contributed by atoms with Crippen LogP contribution in [0.5, 0.6) is 0 Å². The number of ether oxygens (including phenoxy) is 1. The van der Waals surface area contributed by atoms with Crippen molar-refractivity contribution in [2.75, 3.05) is 0 Å². The van der Waals surface area contributed by atoms with Crippen LogP contribution in [0, 0.1) is 5.92 Å². The Labute approximate surface area is 119 Å². The van der Waals surface area contributed by atoms with E-state index < -0.39 is 0 Å². The van der Waals surface area contributed by atoms with Crippen LogP contribution in [0.1, 0.15) is 40.5 Å². The molecule has 0 unspecified atom stereocenters. The second-order valence-corrected chi connectivity index (χ2v) is 8.16. The van der Waals surface area contributed by atoms with E-state index in [-0.39, 0.29) is 22.2 Å². The first kappa shape index (κ1) is 14.4. The molecule has 0 aliphatic heterocycles. The molecule has 1 aromatic rings. The van der Waals surface area contributed by atoms with Crippen LogP contribution in [0.3, 0.4) is 0 Å². The third kappa shape index (κ3) is 4.00. The SMILES string of the molecule is CC(C)(C)OC(=O)C1CC(C)(Sc2ccccc2)C1. The van der Waals surface area contributed by atoms with Crippen molar-refractivity contribution in [2.24, 2.45) is 5.92 Å². The Morgan fingerprint density at radius 1 is 1.26 bits per heavy atom. The first-order valence-electron chi connectivity index (χ1n) is 6.74. The van der Waals surface area contributed by atoms with E-state index in [0.29, 0.717) is 0 Å². The molecule has 1 saturated carbocycles. The van der Waals surface area contributed by atoms with Crippen molar-refractivity contribution in [3.63, 3.8) is 0 Å². The summed E-state index contributed by atoms with van der Waals surface area (Å²) in [6.45, 7) is 7.98. The summed E-state index contributed by atoms with van der Waals surface area (Å²) in [4.78, 5) is 13.2. The molecule has 0 N–H and O–H groups in total. The molecule has 0 heterocycles. The van der Waals surface area contributed by atoms with Gasteiger partial charge in [0.1, 0.15) is 5.60 Å². The minimum atomic E-state index is -0.379. The average Bonchev–Trinajstić information content (AvgIpc) is 2.24. The maximum Gasteiger partial charge on any atom is 0.309 e. The summed E-state index contributed by atoms with van der Waals surface area (Å²) in [5, 5.41) is 0. The van der Waals surface area contributed by atoms with E-state index in [2.05, 4.69) is 31.2 Å². The Morgan fingerprint density at radius 3 is 2.37 bits per heavy atom. The van der Waals surface area contributed by atoms with Crippen molar-refractivity contribution in [1.82, 2.24) is 0 Å². The van der Waals surface area contributed by atoms with Gasteiger partial charge in [-0.05, 0) is 45.7 Å². The van der Waals surface area contributed by atoms with Crippen LogP contribution >= 0.6 is 11.8 Å². The van der Waals surface area contributed by atoms with Gasteiger partial charge >= 0.3 is 5.97 Å². The number of carbonyl (C=O) groups is 1. The Kier molecular flexibility index (Phi) is 3.95. The summed E-state index contributed by atoms with van der Waals surface area (Å²) < 4.78 is 5.61. The van der Waals surface area contributed by atoms with Crippen LogP contribution in [0.25, 0.3) is 0 Å². The Morgan fingerprint density at radius 2 is 1.84 bits per heavy atom. The van der Waals surface area contributed by atoms with E-state index >= 15 is 0 Å². The molecule has 1 aliphatic carbocycles. The van der Waals surface area contributed by atoms with Gasteiger partial charge < -0.3 is 4.74 Å². The van der Waals surface area contributed by atoms with Crippen LogP contribution in [0.15, 0.2) is 35.2 Å². The Hall–Kier alpha value is -0.960. The maximum atomic E-state index is 11.9. The number of hydrogen-bond donors (Lipinski definition) is 0. The van der Waals surface area contributed by atoms with Gasteiger partial charge in [-0.1, -0.05) is 25.1 Å². The van der Waals surface area contributed by atoms with Gasteiger partial charge in [-0.2, -0.15) is 0 Å². The minimum Gasteiger partial charge on any atom is -0.460 e. The van der Waals surface area contributed by atoms with E-state index in [1.807, 2.05) is 38.6 Å². The minimum absolute atomic E-state index is 0.0429. The lowest BCUT2D eigenvalue weighted by Gasteiger charge is -2.44. The number of benzene rings is 1. The number of rotatable bonds is 3. The summed E-state index contributed by atoms with van der Waals surface area (Å²) in [6, 6.07) is 10.4. The largest absolute Gasteiger partial charge is 0.460 e. The molecule has 2 nitrogen and oxygen atoms in total. The molecule has 1 fully saturated rings. The van der Waals surface area contributed by atoms with Crippen molar-refractivity contribution in [3.8, 4) is 0 Å². The summed E-state index contributed by atoms with van der Waals surface area (Å²) in [6.07, 6.45) is 1.81. The molecule has 1 aromatic carbocycles. The van der Waals surface area contributed by atoms with Gasteiger partial charge in [-0.25, -0.2) is 0 Å². The zero-order valence-electron chi connectivity index (χ0n) is 12.1. The number of hydrogen-bond acceptors (Lipinski definition) is 3. The molecule has 0 amide bonds. The first-order chi connectivity index (χ1) is 8.77. The van der Waals surface area contributed by atoms with Crippen LogP contribution in [0.2, 0.25) is 0 Å². The topological polar surface area (TPSA) is 26.3 Å². The predicted octanol–water partition coefficient (Wildman–Crippen LogP) is 4.29. The average molecular weight is 278 g/mol. The lowest BCUT2D eigenvalue weighted by atomic mass is 9.75. The van der Waals surface area contributed by atoms with Gasteiger partial charge in [0, 0.05) is 9.64 Å². The normalized spacial score (nSPS) is 26.6. The molecule has 3 heteroatoms. The highest BCUT2D eigenvalue weighted by Crippen LogP contribution is 2.51. The Bertz CT molecular complexity index is 442. The van der Waals surface area contributed by atoms with E-state index in [0.717, 1.165) is 12.8 Å². The summed E-state index contributed by atoms with van der Waals surface area (Å²) >= 11 is 1.86. The van der Waals surface area contributed by atoms with Crippen molar-refractivity contribution in [1.29, 1.82) is 0 Å². The zero-order chi connectivity index (χ0) is 14.1. The summed E-state index contributed by atoms with van der Waals surface area (Å²) in [5.74, 6) is 0.0269. The molecular formula is C16H22O2S. The van der Waals surface area contributed by atoms with Gasteiger partial charge in [0.05, 0.1) is 5.92 Å². The summed E-state index contributed by atoms with van der Waals surface area (Å²) in [7, 11) is 0. The molecule has 0 bridgehead atoms. The lowest BCUT2D eigenvalue weighted by molar-refractivity contribution is -0.163. The number of esters is 1. The van der Waals surface area contributed by atoms with Gasteiger partial charge in [-0.3, -0.25) is 4.79 Å². The van der Waals surface area contributed by atoms with Gasteiger partial charge in [0.2, 0.25) is 0 Å². The zero-order valence-corrected chi connectivity index (χ0v) is 12.9. The standard InChI is InChI=1S/C16H22O2S/c1-15(2,3)18-14(17)12-10-16(4,11-12)19-13-8-6-5-7-9-13/h5-9,12H,10-11H2,1-4H3. The van der Waals surface area contributed by atoms with Crippen LogP contribution in [-0.4, -0.2) is 16.3 Å². The number of thioether (sulfide) groups is 1. The molecule has 0 saturated heterocycles. The van der Waals surface area contributed by atoms with E-state index in [1.165, 1.54) is 4.90 Å². The molecule has 0 atom stereocenters. The smallest absolute Gasteiger partial charge is 0.309 e. The van der Waals surface area contributed by atoms with E-state index in [9.17, 15) is 4.79 Å². The fourth-order valence-electron chi connectivity index (χ4n) is 2.39. The predicted molar refractivity (Wildman–Crippen MR) is 79.3 cm³/mol. The van der Waals surface area contributed by atoms with Crippen LogP contribution in [0.4, 0.5) is 0 Å². The third-order valence-electron chi connectivity index (χ3n) is 3.20. The van der Waals surface area contributed by atoms with Crippen molar-refractivity contribution in [2.45, 2.75) is 55.8 Å². The van der Waals surface area contributed by atoms with Crippen molar-refractivity contribution in [3.05, 3.63) is 30.3 Å². The molecule has 0 aromatic heterocycles. The molecule has 2 rings (SSSR count). The lowest BCUT2D eigenvalue weighted by Crippen LogP contribution is -2.44. The highest BCUT2D eigenvalue weighted by Gasteiger charge is 2.46. The third-order valence-corrected chi connectivity index (χ3v) is 4.54. The second kappa shape index (κ2) is 5.20. The Balaban J connectivity index is 1.86. The quantitative estimate of drug-likeness (QED) is 0.772. The van der Waals surface area contributed by atoms with Crippen molar-refractivity contribution < 1.29 is 9.53 Å². The van der Waals surface area contributed by atoms with E-state index in [1.54, 1.807) is 0 Å². The second-order valence-electron chi connectivity index (χ2n) is 6.50. The first-order valence-corrected chi connectivity index (χ1v) is 7.56. The molecular weight excluding hydrogens is 256 g/mol. The summed E-state index contributed by atoms with van der Waals surface area (Å²) in [5.41, 5.74) is -0.379. The maximum absolute atomic E-state index is 11.9. The van der Waals surface area contributed by atoms with Crippen molar-refractivity contribution >= 4 is 17.7 Å².